The van der Waals surface area contributed by atoms with Crippen LogP contribution >= 0.6 is 0 Å². The summed E-state index contributed by atoms with van der Waals surface area (Å²) in [6, 6.07) is 0. The van der Waals surface area contributed by atoms with E-state index in [2.05, 4.69) is 5.32 Å². The fourth-order valence-corrected chi connectivity index (χ4v) is 3.50. The SMILES string of the molecule is CC1(O)CNCCC1C1CCCCCC1. The van der Waals surface area contributed by atoms with Gasteiger partial charge in [0, 0.05) is 6.54 Å². The Morgan fingerprint density at radius 1 is 1.07 bits per heavy atom. The van der Waals surface area contributed by atoms with Crippen molar-refractivity contribution in [3.05, 3.63) is 0 Å². The van der Waals surface area contributed by atoms with Crippen molar-refractivity contribution in [3.63, 3.8) is 0 Å². The van der Waals surface area contributed by atoms with Crippen molar-refractivity contribution in [1.82, 2.24) is 5.32 Å². The van der Waals surface area contributed by atoms with Crippen LogP contribution in [0.1, 0.15) is 51.9 Å². The van der Waals surface area contributed by atoms with Gasteiger partial charge in [-0.2, -0.15) is 0 Å². The third-order valence-electron chi connectivity index (χ3n) is 4.38. The molecule has 0 bridgehead atoms. The minimum atomic E-state index is -0.465. The number of aliphatic hydroxyl groups is 1. The van der Waals surface area contributed by atoms with Crippen molar-refractivity contribution in [2.45, 2.75) is 57.5 Å². The van der Waals surface area contributed by atoms with E-state index in [9.17, 15) is 5.11 Å². The molecule has 2 fully saturated rings. The molecule has 2 unspecified atom stereocenters. The van der Waals surface area contributed by atoms with Gasteiger partial charge in [-0.25, -0.2) is 0 Å². The molecule has 0 aromatic rings. The zero-order valence-corrected chi connectivity index (χ0v) is 9.97. The summed E-state index contributed by atoms with van der Waals surface area (Å²) >= 11 is 0. The number of hydrogen-bond acceptors (Lipinski definition) is 2. The maximum absolute atomic E-state index is 10.4. The molecule has 1 heterocycles. The highest BCUT2D eigenvalue weighted by molar-refractivity contribution is 4.92. The second-order valence-electron chi connectivity index (χ2n) is 5.68. The van der Waals surface area contributed by atoms with Gasteiger partial charge in [0.05, 0.1) is 5.60 Å². The van der Waals surface area contributed by atoms with Gasteiger partial charge in [0.1, 0.15) is 0 Å². The first-order chi connectivity index (χ1) is 7.20. The second-order valence-corrected chi connectivity index (χ2v) is 5.68. The molecule has 0 amide bonds. The Kier molecular flexibility index (Phi) is 3.68. The van der Waals surface area contributed by atoms with Gasteiger partial charge in [0.15, 0.2) is 0 Å². The molecule has 0 aromatic heterocycles. The highest BCUT2D eigenvalue weighted by Crippen LogP contribution is 2.37. The third-order valence-corrected chi connectivity index (χ3v) is 4.38. The van der Waals surface area contributed by atoms with Crippen LogP contribution in [0, 0.1) is 11.8 Å². The van der Waals surface area contributed by atoms with Crippen molar-refractivity contribution < 1.29 is 5.11 Å². The van der Waals surface area contributed by atoms with Crippen LogP contribution in [-0.4, -0.2) is 23.8 Å². The van der Waals surface area contributed by atoms with Gasteiger partial charge in [0.25, 0.3) is 0 Å². The van der Waals surface area contributed by atoms with Gasteiger partial charge in [-0.3, -0.25) is 0 Å². The van der Waals surface area contributed by atoms with Crippen molar-refractivity contribution in [1.29, 1.82) is 0 Å². The van der Waals surface area contributed by atoms with Gasteiger partial charge >= 0.3 is 0 Å². The molecule has 0 aromatic carbocycles. The van der Waals surface area contributed by atoms with Gasteiger partial charge in [-0.1, -0.05) is 38.5 Å². The van der Waals surface area contributed by atoms with Gasteiger partial charge in [-0.05, 0) is 31.7 Å². The first-order valence-electron chi connectivity index (χ1n) is 6.63. The molecule has 15 heavy (non-hydrogen) atoms. The molecule has 88 valence electrons. The van der Waals surface area contributed by atoms with Crippen molar-refractivity contribution in [2.75, 3.05) is 13.1 Å². The molecule has 2 rings (SSSR count). The number of rotatable bonds is 1. The Balaban J connectivity index is 1.99. The van der Waals surface area contributed by atoms with E-state index in [-0.39, 0.29) is 0 Å². The molecule has 1 aliphatic heterocycles. The molecule has 0 spiro atoms. The Bertz CT molecular complexity index is 195. The van der Waals surface area contributed by atoms with Crippen molar-refractivity contribution in [3.8, 4) is 0 Å². The Morgan fingerprint density at radius 2 is 1.73 bits per heavy atom. The molecule has 2 N–H and O–H groups in total. The highest BCUT2D eigenvalue weighted by Gasteiger charge is 2.39. The van der Waals surface area contributed by atoms with Crippen molar-refractivity contribution >= 4 is 0 Å². The lowest BCUT2D eigenvalue weighted by Crippen LogP contribution is -2.52. The quantitative estimate of drug-likeness (QED) is 0.652. The molecule has 1 aliphatic carbocycles. The van der Waals surface area contributed by atoms with E-state index < -0.39 is 5.60 Å². The van der Waals surface area contributed by atoms with Crippen LogP contribution in [0.3, 0.4) is 0 Å². The number of hydrogen-bond donors (Lipinski definition) is 2. The van der Waals surface area contributed by atoms with E-state index in [1.807, 2.05) is 6.92 Å². The Labute approximate surface area is 93.5 Å². The van der Waals surface area contributed by atoms with E-state index in [0.717, 1.165) is 25.4 Å². The summed E-state index contributed by atoms with van der Waals surface area (Å²) in [5.41, 5.74) is -0.465. The smallest absolute Gasteiger partial charge is 0.0774 e. The number of β-amino-alcohol motifs (C(OH)–C–C–N with tert-alkyl or cyclic N) is 1. The summed E-state index contributed by atoms with van der Waals surface area (Å²) in [6.45, 7) is 3.90. The van der Waals surface area contributed by atoms with Crippen LogP contribution in [0.2, 0.25) is 0 Å². The summed E-state index contributed by atoms with van der Waals surface area (Å²) < 4.78 is 0. The molecular formula is C13H25NO. The Hall–Kier alpha value is -0.0800. The largest absolute Gasteiger partial charge is 0.389 e. The molecule has 2 atom stereocenters. The van der Waals surface area contributed by atoms with E-state index in [1.165, 1.54) is 38.5 Å². The summed E-state index contributed by atoms with van der Waals surface area (Å²) in [4.78, 5) is 0. The third kappa shape index (κ3) is 2.73. The molecule has 2 heteroatoms. The monoisotopic (exact) mass is 211 g/mol. The van der Waals surface area contributed by atoms with Gasteiger partial charge in [0.2, 0.25) is 0 Å². The van der Waals surface area contributed by atoms with Crippen LogP contribution in [0.5, 0.6) is 0 Å². The summed E-state index contributed by atoms with van der Waals surface area (Å²) in [7, 11) is 0. The lowest BCUT2D eigenvalue weighted by atomic mass is 9.72. The van der Waals surface area contributed by atoms with Gasteiger partial charge < -0.3 is 10.4 Å². The van der Waals surface area contributed by atoms with Crippen LogP contribution in [0.4, 0.5) is 0 Å². The maximum Gasteiger partial charge on any atom is 0.0774 e. The summed E-state index contributed by atoms with van der Waals surface area (Å²) in [5, 5.41) is 13.7. The average Bonchev–Trinajstić information content (AvgIpc) is 2.45. The van der Waals surface area contributed by atoms with Crippen LogP contribution < -0.4 is 5.32 Å². The standard InChI is InChI=1S/C13H25NO/c1-13(15)10-14-9-8-12(13)11-6-4-2-3-5-7-11/h11-12,14-15H,2-10H2,1H3. The average molecular weight is 211 g/mol. The first kappa shape index (κ1) is 11.4. The zero-order valence-electron chi connectivity index (χ0n) is 9.97. The van der Waals surface area contributed by atoms with E-state index in [1.54, 1.807) is 0 Å². The van der Waals surface area contributed by atoms with E-state index in [0.29, 0.717) is 5.92 Å². The topological polar surface area (TPSA) is 32.3 Å². The summed E-state index contributed by atoms with van der Waals surface area (Å²) in [5.74, 6) is 1.32. The zero-order chi connectivity index (χ0) is 10.7. The maximum atomic E-state index is 10.4. The van der Waals surface area contributed by atoms with Crippen LogP contribution in [-0.2, 0) is 0 Å². The normalized spacial score (nSPS) is 40.0. The molecule has 1 saturated heterocycles. The molecule has 2 aliphatic rings. The highest BCUT2D eigenvalue weighted by atomic mass is 16.3. The fourth-order valence-electron chi connectivity index (χ4n) is 3.50. The number of nitrogens with one attached hydrogen (secondary N) is 1. The molecule has 0 radical (unpaired) electrons. The molecular weight excluding hydrogens is 186 g/mol. The van der Waals surface area contributed by atoms with E-state index >= 15 is 0 Å². The fraction of sp³-hybridized carbons (Fsp3) is 1.00. The minimum Gasteiger partial charge on any atom is -0.389 e. The van der Waals surface area contributed by atoms with Gasteiger partial charge in [-0.15, -0.1) is 0 Å². The number of piperidine rings is 1. The predicted molar refractivity (Wildman–Crippen MR) is 62.8 cm³/mol. The van der Waals surface area contributed by atoms with Crippen LogP contribution in [0.15, 0.2) is 0 Å². The molecule has 1 saturated carbocycles. The lowest BCUT2D eigenvalue weighted by Gasteiger charge is -2.42. The lowest BCUT2D eigenvalue weighted by molar-refractivity contribution is -0.0475. The Morgan fingerprint density at radius 3 is 2.33 bits per heavy atom. The predicted octanol–water partition coefficient (Wildman–Crippen LogP) is 2.32. The van der Waals surface area contributed by atoms with Crippen molar-refractivity contribution in [2.24, 2.45) is 11.8 Å². The summed E-state index contributed by atoms with van der Waals surface area (Å²) in [6.07, 6.45) is 9.43. The van der Waals surface area contributed by atoms with Crippen LogP contribution in [0.25, 0.3) is 0 Å². The molecule has 2 nitrogen and oxygen atoms in total. The van der Waals surface area contributed by atoms with E-state index in [4.69, 9.17) is 0 Å². The minimum absolute atomic E-state index is 0.465. The second kappa shape index (κ2) is 4.84. The first-order valence-corrected chi connectivity index (χ1v) is 6.63.